The number of hydrogen-bond donors (Lipinski definition) is 0. The average molecular weight is 661 g/mol. The molecule has 0 saturated carbocycles. The highest BCUT2D eigenvalue weighted by Gasteiger charge is 2.21. The second-order valence-corrected chi connectivity index (χ2v) is 13.8. The summed E-state index contributed by atoms with van der Waals surface area (Å²) in [7, 11) is 0. The number of benzene rings is 9. The van der Waals surface area contributed by atoms with E-state index in [1.54, 1.807) is 0 Å². The molecule has 11 aromatic rings. The predicted molar refractivity (Wildman–Crippen MR) is 221 cm³/mol. The van der Waals surface area contributed by atoms with Gasteiger partial charge in [-0.05, 0) is 86.3 Å². The highest BCUT2D eigenvalue weighted by atomic mass is 15.0. The van der Waals surface area contributed by atoms with E-state index in [-0.39, 0.29) is 0 Å². The molecule has 0 unspecified atom stereocenters. The van der Waals surface area contributed by atoms with E-state index in [0.717, 1.165) is 11.4 Å². The van der Waals surface area contributed by atoms with Crippen LogP contribution in [-0.2, 0) is 0 Å². The molecule has 0 bridgehead atoms. The fraction of sp³-hybridized carbons (Fsp3) is 0. The molecule has 9 aromatic carbocycles. The molecule has 52 heavy (non-hydrogen) atoms. The average Bonchev–Trinajstić information content (AvgIpc) is 3.74. The van der Waals surface area contributed by atoms with Crippen LogP contribution in [0.15, 0.2) is 194 Å². The lowest BCUT2D eigenvalue weighted by atomic mass is 9.98. The van der Waals surface area contributed by atoms with Gasteiger partial charge < -0.3 is 9.13 Å². The van der Waals surface area contributed by atoms with Crippen molar-refractivity contribution in [1.82, 2.24) is 9.13 Å². The Kier molecular flexibility index (Phi) is 6.28. The summed E-state index contributed by atoms with van der Waals surface area (Å²) in [6, 6.07) is 71.0. The van der Waals surface area contributed by atoms with Gasteiger partial charge in [0.15, 0.2) is 0 Å². The maximum atomic E-state index is 2.47. The van der Waals surface area contributed by atoms with Gasteiger partial charge in [0.2, 0.25) is 0 Å². The Morgan fingerprint density at radius 3 is 1.25 bits per heavy atom. The van der Waals surface area contributed by atoms with Crippen molar-refractivity contribution in [2.24, 2.45) is 0 Å². The van der Waals surface area contributed by atoms with E-state index < -0.39 is 0 Å². The van der Waals surface area contributed by atoms with Crippen molar-refractivity contribution < 1.29 is 0 Å². The summed E-state index contributed by atoms with van der Waals surface area (Å²) in [6.07, 6.45) is 0. The number of rotatable bonds is 4. The van der Waals surface area contributed by atoms with Crippen molar-refractivity contribution in [2.45, 2.75) is 0 Å². The Morgan fingerprint density at radius 2 is 0.654 bits per heavy atom. The lowest BCUT2D eigenvalue weighted by Gasteiger charge is -2.14. The number of hydrogen-bond acceptors (Lipinski definition) is 0. The molecule has 0 N–H and O–H groups in total. The Hall–Kier alpha value is -6.90. The largest absolute Gasteiger partial charge is 0.307 e. The van der Waals surface area contributed by atoms with Crippen LogP contribution in [-0.4, -0.2) is 9.13 Å². The molecule has 11 rings (SSSR count). The molecule has 242 valence electrons. The lowest BCUT2D eigenvalue weighted by molar-refractivity contribution is 1.15. The molecule has 0 fully saturated rings. The molecule has 0 aliphatic heterocycles. The maximum absolute atomic E-state index is 2.47. The molecule has 0 amide bonds. The summed E-state index contributed by atoms with van der Waals surface area (Å²) < 4.78 is 4.94. The van der Waals surface area contributed by atoms with Gasteiger partial charge in [-0.15, -0.1) is 0 Å². The van der Waals surface area contributed by atoms with Gasteiger partial charge in [-0.1, -0.05) is 152 Å². The zero-order chi connectivity index (χ0) is 34.2. The first kappa shape index (κ1) is 28.9. The first-order valence-corrected chi connectivity index (χ1v) is 17.9. The van der Waals surface area contributed by atoms with E-state index in [4.69, 9.17) is 0 Å². The van der Waals surface area contributed by atoms with Crippen LogP contribution in [0.4, 0.5) is 0 Å². The molecular weight excluding hydrogens is 629 g/mol. The molecule has 0 aliphatic rings. The second-order valence-electron chi connectivity index (χ2n) is 13.8. The van der Waals surface area contributed by atoms with Crippen molar-refractivity contribution in [1.29, 1.82) is 0 Å². The zero-order valence-corrected chi connectivity index (χ0v) is 28.4. The van der Waals surface area contributed by atoms with Crippen LogP contribution in [0.3, 0.4) is 0 Å². The predicted octanol–water partition coefficient (Wildman–Crippen LogP) is 13.5. The normalized spacial score (nSPS) is 11.8. The Balaban J connectivity index is 1.09. The smallest absolute Gasteiger partial charge is 0.0788 e. The summed E-state index contributed by atoms with van der Waals surface area (Å²) in [4.78, 5) is 0. The molecular formula is C50H32N2. The van der Waals surface area contributed by atoms with Gasteiger partial charge in [-0.2, -0.15) is 0 Å². The fourth-order valence-electron chi connectivity index (χ4n) is 8.38. The molecule has 0 spiro atoms. The molecule has 0 radical (unpaired) electrons. The number of aromatic nitrogens is 2. The van der Waals surface area contributed by atoms with E-state index >= 15 is 0 Å². The van der Waals surface area contributed by atoms with Gasteiger partial charge >= 0.3 is 0 Å². The van der Waals surface area contributed by atoms with Crippen LogP contribution in [0.5, 0.6) is 0 Å². The molecule has 0 saturated heterocycles. The summed E-state index contributed by atoms with van der Waals surface area (Å²) in [5.41, 5.74) is 12.0. The summed E-state index contributed by atoms with van der Waals surface area (Å²) in [5.74, 6) is 0. The van der Waals surface area contributed by atoms with E-state index in [0.29, 0.717) is 0 Å². The molecule has 2 heterocycles. The highest BCUT2D eigenvalue weighted by molar-refractivity contribution is 6.23. The summed E-state index contributed by atoms with van der Waals surface area (Å²) in [6.45, 7) is 0. The number of para-hydroxylation sites is 2. The third-order valence-electron chi connectivity index (χ3n) is 10.9. The van der Waals surface area contributed by atoms with Crippen molar-refractivity contribution in [3.8, 4) is 33.6 Å². The molecule has 0 atom stereocenters. The Labute approximate surface area is 301 Å². The van der Waals surface area contributed by atoms with Crippen LogP contribution in [0, 0.1) is 0 Å². The minimum absolute atomic E-state index is 1.14. The van der Waals surface area contributed by atoms with Crippen molar-refractivity contribution in [3.05, 3.63) is 194 Å². The molecule has 2 nitrogen and oxygen atoms in total. The zero-order valence-electron chi connectivity index (χ0n) is 28.4. The molecule has 0 aliphatic carbocycles. The quantitative estimate of drug-likeness (QED) is 0.178. The minimum Gasteiger partial charge on any atom is -0.307 e. The number of fused-ring (bicyclic) bond motifs is 9. The Bertz CT molecular complexity index is 3160. The van der Waals surface area contributed by atoms with E-state index in [1.165, 1.54) is 87.4 Å². The van der Waals surface area contributed by atoms with Crippen molar-refractivity contribution in [3.63, 3.8) is 0 Å². The molecule has 2 heteroatoms. The number of nitrogens with zero attached hydrogens (tertiary/aromatic N) is 2. The third-order valence-corrected chi connectivity index (χ3v) is 10.9. The lowest BCUT2D eigenvalue weighted by Crippen LogP contribution is -1.99. The first-order chi connectivity index (χ1) is 25.8. The second kappa shape index (κ2) is 11.3. The van der Waals surface area contributed by atoms with Gasteiger partial charge in [-0.25, -0.2) is 0 Å². The van der Waals surface area contributed by atoms with Crippen LogP contribution < -0.4 is 0 Å². The van der Waals surface area contributed by atoms with Gasteiger partial charge in [0.25, 0.3) is 0 Å². The van der Waals surface area contributed by atoms with E-state index in [2.05, 4.69) is 203 Å². The summed E-state index contributed by atoms with van der Waals surface area (Å²) >= 11 is 0. The van der Waals surface area contributed by atoms with Crippen molar-refractivity contribution in [2.75, 3.05) is 0 Å². The SMILES string of the molecule is c1ccc2cc(-c3ccc(-c4ccc(-n5c6ccccc6c6ccc7c8ccccc8n(-c8ccc9ccccc9c8)c7c65)cc4)cc3)ccc2c1. The van der Waals surface area contributed by atoms with Crippen LogP contribution in [0.2, 0.25) is 0 Å². The van der Waals surface area contributed by atoms with Crippen molar-refractivity contribution >= 4 is 65.2 Å². The third kappa shape index (κ3) is 4.38. The monoisotopic (exact) mass is 660 g/mol. The Morgan fingerprint density at radius 1 is 0.250 bits per heavy atom. The first-order valence-electron chi connectivity index (χ1n) is 17.9. The van der Waals surface area contributed by atoms with E-state index in [9.17, 15) is 0 Å². The van der Waals surface area contributed by atoms with Gasteiger partial charge in [0.1, 0.15) is 0 Å². The van der Waals surface area contributed by atoms with Gasteiger partial charge in [0, 0.05) is 32.9 Å². The highest BCUT2D eigenvalue weighted by Crippen LogP contribution is 2.42. The van der Waals surface area contributed by atoms with E-state index in [1.807, 2.05) is 0 Å². The van der Waals surface area contributed by atoms with Gasteiger partial charge in [-0.3, -0.25) is 0 Å². The standard InChI is InChI=1S/C50H32N2/c1-3-11-38-31-40(22-21-33(38)9-1)37-19-17-35(18-20-37)36-23-26-41(27-24-36)51-47-15-7-5-13-43(47)45-29-30-46-44-14-6-8-16-48(44)52(50(46)49(45)51)42-28-25-34-10-2-4-12-39(34)32-42/h1-32H. The maximum Gasteiger partial charge on any atom is 0.0788 e. The van der Waals surface area contributed by atoms with Crippen LogP contribution in [0.1, 0.15) is 0 Å². The topological polar surface area (TPSA) is 9.86 Å². The van der Waals surface area contributed by atoms with Gasteiger partial charge in [0.05, 0.1) is 22.1 Å². The van der Waals surface area contributed by atoms with Crippen LogP contribution in [0.25, 0.3) is 98.8 Å². The minimum atomic E-state index is 1.14. The summed E-state index contributed by atoms with van der Waals surface area (Å²) in [5, 5.41) is 10.0. The fourth-order valence-corrected chi connectivity index (χ4v) is 8.38. The molecule has 2 aromatic heterocycles. The van der Waals surface area contributed by atoms with Crippen LogP contribution >= 0.6 is 0 Å².